The molecule has 2 amide bonds. The Hall–Kier alpha value is -2.63. The van der Waals surface area contributed by atoms with Crippen molar-refractivity contribution >= 4 is 11.8 Å². The Kier molecular flexibility index (Phi) is 6.74. The predicted molar refractivity (Wildman–Crippen MR) is 97.1 cm³/mol. The zero-order chi connectivity index (χ0) is 18.2. The molecule has 2 rings (SSSR count). The predicted octanol–water partition coefficient (Wildman–Crippen LogP) is 2.68. The summed E-state index contributed by atoms with van der Waals surface area (Å²) in [5, 5.41) is 10.1. The first-order chi connectivity index (χ1) is 12.0. The van der Waals surface area contributed by atoms with Crippen LogP contribution in [0, 0.1) is 0 Å². The molecule has 1 aromatic heterocycles. The van der Waals surface area contributed by atoms with Crippen LogP contribution in [0.2, 0.25) is 0 Å². The number of rotatable bonds is 8. The van der Waals surface area contributed by atoms with Crippen molar-refractivity contribution in [2.24, 2.45) is 0 Å². The fraction of sp³-hybridized carbons (Fsp3) is 0.421. The number of hydrogen-bond donors (Lipinski definition) is 2. The van der Waals surface area contributed by atoms with Crippen LogP contribution >= 0.6 is 0 Å². The highest BCUT2D eigenvalue weighted by molar-refractivity contribution is 5.94. The molecule has 6 heteroatoms. The first kappa shape index (κ1) is 18.7. The maximum atomic E-state index is 12.3. The van der Waals surface area contributed by atoms with Gasteiger partial charge in [0.1, 0.15) is 0 Å². The summed E-state index contributed by atoms with van der Waals surface area (Å²) in [6, 6.07) is 8.68. The standard InChI is InChI=1S/C19H26N4O2/c1-4-17(16-12-20-23(5-2)13-16)22-18(24)11-14(3)21-19(25)15-9-7-6-8-10-15/h6-10,12-14,17H,4-5,11H2,1-3H3,(H,21,25)(H,22,24)/t14-,17-/m1/s1. The second-order valence-electron chi connectivity index (χ2n) is 6.10. The van der Waals surface area contributed by atoms with Crippen molar-refractivity contribution in [3.8, 4) is 0 Å². The first-order valence-electron chi connectivity index (χ1n) is 8.71. The Labute approximate surface area is 148 Å². The molecule has 0 radical (unpaired) electrons. The van der Waals surface area contributed by atoms with E-state index in [4.69, 9.17) is 0 Å². The highest BCUT2D eigenvalue weighted by atomic mass is 16.2. The Morgan fingerprint density at radius 1 is 1.16 bits per heavy atom. The Bertz CT molecular complexity index is 696. The van der Waals surface area contributed by atoms with Gasteiger partial charge in [-0.25, -0.2) is 0 Å². The minimum Gasteiger partial charge on any atom is -0.349 e. The van der Waals surface area contributed by atoms with Gasteiger partial charge in [0.15, 0.2) is 0 Å². The molecular formula is C19H26N4O2. The van der Waals surface area contributed by atoms with E-state index in [9.17, 15) is 9.59 Å². The van der Waals surface area contributed by atoms with Gasteiger partial charge in [0, 0.05) is 36.3 Å². The molecule has 0 bridgehead atoms. The van der Waals surface area contributed by atoms with Crippen molar-refractivity contribution in [3.05, 3.63) is 53.9 Å². The molecule has 0 aliphatic carbocycles. The summed E-state index contributed by atoms with van der Waals surface area (Å²) in [5.74, 6) is -0.255. The van der Waals surface area contributed by atoms with Gasteiger partial charge >= 0.3 is 0 Å². The van der Waals surface area contributed by atoms with Gasteiger partial charge in [-0.2, -0.15) is 5.10 Å². The molecular weight excluding hydrogens is 316 g/mol. The van der Waals surface area contributed by atoms with Crippen molar-refractivity contribution in [3.63, 3.8) is 0 Å². The second kappa shape index (κ2) is 9.01. The zero-order valence-electron chi connectivity index (χ0n) is 15.0. The van der Waals surface area contributed by atoms with E-state index in [2.05, 4.69) is 15.7 Å². The molecule has 2 atom stereocenters. The second-order valence-corrected chi connectivity index (χ2v) is 6.10. The zero-order valence-corrected chi connectivity index (χ0v) is 15.0. The summed E-state index contributed by atoms with van der Waals surface area (Å²) in [6.07, 6.45) is 4.76. The molecule has 1 heterocycles. The maximum absolute atomic E-state index is 12.3. The average molecular weight is 342 g/mol. The molecule has 134 valence electrons. The van der Waals surface area contributed by atoms with E-state index in [1.165, 1.54) is 0 Å². The van der Waals surface area contributed by atoms with E-state index in [0.717, 1.165) is 18.5 Å². The Balaban J connectivity index is 1.86. The monoisotopic (exact) mass is 342 g/mol. The Morgan fingerprint density at radius 3 is 2.48 bits per heavy atom. The number of amides is 2. The van der Waals surface area contributed by atoms with Gasteiger partial charge < -0.3 is 10.6 Å². The topological polar surface area (TPSA) is 76.0 Å². The van der Waals surface area contributed by atoms with E-state index in [-0.39, 0.29) is 30.3 Å². The Morgan fingerprint density at radius 2 is 1.88 bits per heavy atom. The lowest BCUT2D eigenvalue weighted by Crippen LogP contribution is -2.38. The van der Waals surface area contributed by atoms with Gasteiger partial charge in [-0.1, -0.05) is 25.1 Å². The fourth-order valence-corrected chi connectivity index (χ4v) is 2.63. The van der Waals surface area contributed by atoms with Crippen molar-refractivity contribution in [2.45, 2.75) is 52.2 Å². The number of nitrogens with zero attached hydrogens (tertiary/aromatic N) is 2. The summed E-state index contributed by atoms with van der Waals surface area (Å²) in [6.45, 7) is 6.67. The largest absolute Gasteiger partial charge is 0.349 e. The third-order valence-corrected chi connectivity index (χ3v) is 4.03. The van der Waals surface area contributed by atoms with Crippen LogP contribution in [0.4, 0.5) is 0 Å². The van der Waals surface area contributed by atoms with Crippen molar-refractivity contribution in [1.82, 2.24) is 20.4 Å². The van der Waals surface area contributed by atoms with Crippen LogP contribution in [-0.4, -0.2) is 27.6 Å². The highest BCUT2D eigenvalue weighted by Gasteiger charge is 2.17. The van der Waals surface area contributed by atoms with E-state index in [1.54, 1.807) is 18.3 Å². The van der Waals surface area contributed by atoms with Gasteiger partial charge in [-0.3, -0.25) is 14.3 Å². The number of hydrogen-bond acceptors (Lipinski definition) is 3. The molecule has 0 aliphatic heterocycles. The molecule has 0 saturated carbocycles. The normalized spacial score (nSPS) is 13.1. The lowest BCUT2D eigenvalue weighted by atomic mass is 10.1. The molecule has 0 saturated heterocycles. The van der Waals surface area contributed by atoms with Crippen LogP contribution in [0.1, 0.15) is 55.6 Å². The van der Waals surface area contributed by atoms with Crippen LogP contribution in [0.5, 0.6) is 0 Å². The summed E-state index contributed by atoms with van der Waals surface area (Å²) in [7, 11) is 0. The van der Waals surface area contributed by atoms with Crippen LogP contribution in [0.15, 0.2) is 42.7 Å². The lowest BCUT2D eigenvalue weighted by molar-refractivity contribution is -0.122. The number of aryl methyl sites for hydroxylation is 1. The van der Waals surface area contributed by atoms with Gasteiger partial charge in [0.25, 0.3) is 5.91 Å². The molecule has 0 aliphatic rings. The fourth-order valence-electron chi connectivity index (χ4n) is 2.63. The van der Waals surface area contributed by atoms with Crippen LogP contribution in [0.3, 0.4) is 0 Å². The van der Waals surface area contributed by atoms with Crippen molar-refractivity contribution in [1.29, 1.82) is 0 Å². The minimum absolute atomic E-state index is 0.0650. The van der Waals surface area contributed by atoms with Gasteiger partial charge in [0.2, 0.25) is 5.91 Å². The summed E-state index contributed by atoms with van der Waals surface area (Å²) in [5.41, 5.74) is 1.59. The summed E-state index contributed by atoms with van der Waals surface area (Å²) >= 11 is 0. The van der Waals surface area contributed by atoms with Crippen LogP contribution < -0.4 is 10.6 Å². The molecule has 2 N–H and O–H groups in total. The van der Waals surface area contributed by atoms with E-state index in [1.807, 2.05) is 49.8 Å². The number of carbonyl (C=O) groups is 2. The van der Waals surface area contributed by atoms with E-state index in [0.29, 0.717) is 5.56 Å². The van der Waals surface area contributed by atoms with Crippen LogP contribution in [-0.2, 0) is 11.3 Å². The smallest absolute Gasteiger partial charge is 0.251 e. The quantitative estimate of drug-likeness (QED) is 0.774. The molecule has 2 aromatic rings. The third-order valence-electron chi connectivity index (χ3n) is 4.03. The van der Waals surface area contributed by atoms with Crippen molar-refractivity contribution < 1.29 is 9.59 Å². The number of aromatic nitrogens is 2. The summed E-state index contributed by atoms with van der Waals surface area (Å²) in [4.78, 5) is 24.4. The molecule has 0 unspecified atom stereocenters. The lowest BCUT2D eigenvalue weighted by Gasteiger charge is -2.18. The third kappa shape index (κ3) is 5.45. The maximum Gasteiger partial charge on any atom is 0.251 e. The SMILES string of the molecule is CC[C@@H](NC(=O)C[C@@H](C)NC(=O)c1ccccc1)c1cnn(CC)c1. The van der Waals surface area contributed by atoms with Gasteiger partial charge in [-0.15, -0.1) is 0 Å². The van der Waals surface area contributed by atoms with Gasteiger partial charge in [-0.05, 0) is 32.4 Å². The highest BCUT2D eigenvalue weighted by Crippen LogP contribution is 2.16. The molecule has 6 nitrogen and oxygen atoms in total. The molecule has 0 spiro atoms. The van der Waals surface area contributed by atoms with E-state index >= 15 is 0 Å². The van der Waals surface area contributed by atoms with Crippen molar-refractivity contribution in [2.75, 3.05) is 0 Å². The van der Waals surface area contributed by atoms with Crippen LogP contribution in [0.25, 0.3) is 0 Å². The first-order valence-corrected chi connectivity index (χ1v) is 8.71. The molecule has 25 heavy (non-hydrogen) atoms. The average Bonchev–Trinajstić information content (AvgIpc) is 3.09. The molecule has 0 fully saturated rings. The van der Waals surface area contributed by atoms with E-state index < -0.39 is 0 Å². The molecule has 1 aromatic carbocycles. The number of benzene rings is 1. The summed E-state index contributed by atoms with van der Waals surface area (Å²) < 4.78 is 1.84. The number of nitrogens with one attached hydrogen (secondary N) is 2. The van der Waals surface area contributed by atoms with Gasteiger partial charge in [0.05, 0.1) is 12.2 Å². The minimum atomic E-state index is -0.247. The number of carbonyl (C=O) groups excluding carboxylic acids is 2.